The summed E-state index contributed by atoms with van der Waals surface area (Å²) in [6.07, 6.45) is -9.54. The minimum absolute atomic E-state index is 0.00300. The molecule has 19 heteroatoms. The highest BCUT2D eigenvalue weighted by Crippen LogP contribution is 2.42. The van der Waals surface area contributed by atoms with Crippen LogP contribution in [-0.4, -0.2) is 37.2 Å². The average Bonchev–Trinajstić information content (AvgIpc) is 3.70. The van der Waals surface area contributed by atoms with Crippen LogP contribution in [0.2, 0.25) is 0 Å². The van der Waals surface area contributed by atoms with Gasteiger partial charge < -0.3 is 0 Å². The molecule has 4 aromatic carbocycles. The normalized spacial score (nSPS) is 12.2. The molecule has 0 fully saturated rings. The number of nitrogens with one attached hydrogen (secondary N) is 4. The fraction of sp³-hybridized carbons (Fsp3) is 0.118. The zero-order chi connectivity index (χ0) is 38.8. The highest BCUT2D eigenvalue weighted by Gasteiger charge is 2.40. The van der Waals surface area contributed by atoms with Gasteiger partial charge in [0.25, 0.3) is 20.0 Å². The number of aryl methyl sites for hydroxylation is 2. The van der Waals surface area contributed by atoms with E-state index < -0.39 is 66.8 Å². The van der Waals surface area contributed by atoms with Gasteiger partial charge in [0.2, 0.25) is 0 Å². The Bertz CT molecular complexity index is 2450. The van der Waals surface area contributed by atoms with Crippen LogP contribution in [0.15, 0.2) is 113 Å². The first-order valence-corrected chi connectivity index (χ1v) is 18.0. The van der Waals surface area contributed by atoms with E-state index in [1.807, 2.05) is 10.2 Å². The lowest BCUT2D eigenvalue weighted by atomic mass is 10.00. The van der Waals surface area contributed by atoms with E-state index in [1.165, 1.54) is 67.6 Å². The number of rotatable bonds is 8. The van der Waals surface area contributed by atoms with Gasteiger partial charge >= 0.3 is 12.4 Å². The van der Waals surface area contributed by atoms with Crippen LogP contribution >= 0.6 is 0 Å². The van der Waals surface area contributed by atoms with Gasteiger partial charge in [-0.05, 0) is 66.9 Å². The molecule has 2 heterocycles. The van der Waals surface area contributed by atoms with Gasteiger partial charge in [0.05, 0.1) is 20.9 Å². The van der Waals surface area contributed by atoms with Crippen molar-refractivity contribution in [3.05, 3.63) is 131 Å². The molecule has 0 saturated heterocycles. The highest BCUT2D eigenvalue weighted by molar-refractivity contribution is 7.93. The second-order valence-corrected chi connectivity index (χ2v) is 14.7. The van der Waals surface area contributed by atoms with Gasteiger partial charge in [-0.15, -0.1) is 0 Å². The van der Waals surface area contributed by atoms with Gasteiger partial charge in [-0.3, -0.25) is 19.6 Å². The van der Waals surface area contributed by atoms with E-state index in [-0.39, 0.29) is 32.0 Å². The molecule has 0 saturated carbocycles. The molecule has 0 aliphatic heterocycles. The third-order valence-electron chi connectivity index (χ3n) is 7.43. The number of alkyl halides is 6. The summed E-state index contributed by atoms with van der Waals surface area (Å²) in [6.45, 7) is 3.14. The van der Waals surface area contributed by atoms with E-state index in [1.54, 1.807) is 31.2 Å². The number of benzene rings is 4. The minimum atomic E-state index is -4.82. The molecule has 10 nitrogen and oxygen atoms in total. The van der Waals surface area contributed by atoms with Gasteiger partial charge in [0.15, 0.2) is 11.6 Å². The lowest BCUT2D eigenvalue weighted by molar-refractivity contribution is -0.141. The number of sulfonamides is 2. The first-order chi connectivity index (χ1) is 24.8. The fourth-order valence-corrected chi connectivity index (χ4v) is 7.14. The van der Waals surface area contributed by atoms with Gasteiger partial charge in [-0.25, -0.2) is 21.2 Å². The van der Waals surface area contributed by atoms with E-state index >= 15 is 0 Å². The summed E-state index contributed by atoms with van der Waals surface area (Å²) in [5.74, 6) is -1.56. The molecule has 0 spiro atoms. The van der Waals surface area contributed by atoms with E-state index in [0.717, 1.165) is 23.8 Å². The second kappa shape index (κ2) is 14.7. The summed E-state index contributed by atoms with van der Waals surface area (Å²) in [5, 5.41) is 10.8. The molecular weight excluding hydrogens is 754 g/mol. The first kappa shape index (κ1) is 38.5. The fourth-order valence-electron chi connectivity index (χ4n) is 5.07. The molecule has 278 valence electrons. The van der Waals surface area contributed by atoms with Crippen LogP contribution < -0.4 is 9.44 Å². The summed E-state index contributed by atoms with van der Waals surface area (Å²) < 4.78 is 148. The molecule has 6 rings (SSSR count). The standard InChI is InChI=1S/C17H13F4N3O2S.C17H14F3N3O2S/c1-10-9-11(18)7-8-13(10)14-15(17(19,20)21)22-23-16(14)24-27(25,26)12-5-3-2-4-6-12;1-11-6-5-7-12(10-11)14-15(17(18,19)20)21-22-16(14)23-26(24,25)13-8-3-2-4-9-13/h2-9H,1H3,(H2,22,23,24);2-10H,1H3,(H2,21,22,23). The lowest BCUT2D eigenvalue weighted by Gasteiger charge is -2.12. The van der Waals surface area contributed by atoms with Crippen LogP contribution in [0.25, 0.3) is 22.3 Å². The summed E-state index contributed by atoms with van der Waals surface area (Å²) >= 11 is 0. The minimum Gasteiger partial charge on any atom is -0.271 e. The van der Waals surface area contributed by atoms with Crippen molar-refractivity contribution in [2.45, 2.75) is 36.0 Å². The highest BCUT2D eigenvalue weighted by atomic mass is 32.2. The van der Waals surface area contributed by atoms with E-state index in [9.17, 15) is 47.6 Å². The third-order valence-corrected chi connectivity index (χ3v) is 10.1. The summed E-state index contributed by atoms with van der Waals surface area (Å²) in [4.78, 5) is -0.213. The number of aromatic nitrogens is 4. The Morgan fingerprint density at radius 1 is 0.585 bits per heavy atom. The van der Waals surface area contributed by atoms with Gasteiger partial charge in [-0.1, -0.05) is 72.3 Å². The lowest BCUT2D eigenvalue weighted by Crippen LogP contribution is -2.14. The van der Waals surface area contributed by atoms with Crippen molar-refractivity contribution in [1.29, 1.82) is 0 Å². The van der Waals surface area contributed by atoms with E-state index in [2.05, 4.69) is 19.6 Å². The molecule has 0 amide bonds. The number of halogens is 7. The number of hydrogen-bond acceptors (Lipinski definition) is 6. The van der Waals surface area contributed by atoms with Crippen molar-refractivity contribution >= 4 is 31.7 Å². The van der Waals surface area contributed by atoms with Crippen LogP contribution in [0.5, 0.6) is 0 Å². The summed E-state index contributed by atoms with van der Waals surface area (Å²) in [5.41, 5.74) is -2.06. The molecule has 0 radical (unpaired) electrons. The Kier molecular flexibility index (Phi) is 10.7. The van der Waals surface area contributed by atoms with Crippen LogP contribution in [0, 0.1) is 19.7 Å². The molecule has 0 aliphatic carbocycles. The molecule has 2 aromatic heterocycles. The Hall–Kier alpha value is -5.69. The smallest absolute Gasteiger partial charge is 0.271 e. The summed E-state index contributed by atoms with van der Waals surface area (Å²) in [6, 6.07) is 24.0. The largest absolute Gasteiger partial charge is 0.433 e. The van der Waals surface area contributed by atoms with Crippen molar-refractivity contribution < 1.29 is 47.6 Å². The van der Waals surface area contributed by atoms with Crippen molar-refractivity contribution in [2.75, 3.05) is 9.44 Å². The average molecular weight is 781 g/mol. The van der Waals surface area contributed by atoms with Crippen LogP contribution in [-0.2, 0) is 32.4 Å². The molecule has 0 aliphatic rings. The Labute approximate surface area is 298 Å². The van der Waals surface area contributed by atoms with Crippen molar-refractivity contribution in [3.8, 4) is 22.3 Å². The van der Waals surface area contributed by atoms with Gasteiger partial charge in [-0.2, -0.15) is 36.5 Å². The Morgan fingerprint density at radius 3 is 1.51 bits per heavy atom. The topological polar surface area (TPSA) is 150 Å². The van der Waals surface area contributed by atoms with Crippen LogP contribution in [0.3, 0.4) is 0 Å². The molecule has 4 N–H and O–H groups in total. The number of H-pyrrole nitrogens is 2. The monoisotopic (exact) mass is 780 g/mol. The Morgan fingerprint density at radius 2 is 1.06 bits per heavy atom. The maximum absolute atomic E-state index is 13.4. The molecule has 0 unspecified atom stereocenters. The van der Waals surface area contributed by atoms with E-state index in [4.69, 9.17) is 0 Å². The first-order valence-electron chi connectivity index (χ1n) is 15.1. The molecule has 53 heavy (non-hydrogen) atoms. The second-order valence-electron chi connectivity index (χ2n) is 11.3. The zero-order valence-electron chi connectivity index (χ0n) is 27.3. The van der Waals surface area contributed by atoms with Crippen molar-refractivity contribution in [1.82, 2.24) is 20.4 Å². The van der Waals surface area contributed by atoms with Crippen LogP contribution in [0.1, 0.15) is 22.5 Å². The maximum Gasteiger partial charge on any atom is 0.433 e. The Balaban J connectivity index is 0.000000204. The molecule has 0 atom stereocenters. The zero-order valence-corrected chi connectivity index (χ0v) is 28.9. The number of hydrogen-bond donors (Lipinski definition) is 4. The maximum atomic E-state index is 13.4. The molecule has 0 bridgehead atoms. The van der Waals surface area contributed by atoms with Gasteiger partial charge in [0.1, 0.15) is 17.2 Å². The molecule has 6 aromatic rings. The van der Waals surface area contributed by atoms with Crippen LogP contribution in [0.4, 0.5) is 42.4 Å². The number of anilines is 2. The van der Waals surface area contributed by atoms with Crippen molar-refractivity contribution in [2.24, 2.45) is 0 Å². The third kappa shape index (κ3) is 8.86. The number of nitrogens with zero attached hydrogens (tertiary/aromatic N) is 2. The van der Waals surface area contributed by atoms with E-state index in [0.29, 0.717) is 0 Å². The predicted octanol–water partition coefficient (Wildman–Crippen LogP) is 8.55. The molecular formula is C34H27F7N6O4S2. The summed E-state index contributed by atoms with van der Waals surface area (Å²) in [7, 11) is -8.26. The number of aromatic amines is 2. The van der Waals surface area contributed by atoms with Crippen molar-refractivity contribution in [3.63, 3.8) is 0 Å². The SMILES string of the molecule is Cc1cc(F)ccc1-c1c(NS(=O)(=O)c2ccccc2)n[nH]c1C(F)(F)F.Cc1cccc(-c2c(NS(=O)(=O)c3ccccc3)n[nH]c2C(F)(F)F)c1. The predicted molar refractivity (Wildman–Crippen MR) is 182 cm³/mol. The quantitative estimate of drug-likeness (QED) is 0.114. The van der Waals surface area contributed by atoms with Gasteiger partial charge in [0, 0.05) is 0 Å².